The van der Waals surface area contributed by atoms with Crippen LogP contribution in [0, 0.1) is 19.8 Å². The summed E-state index contributed by atoms with van der Waals surface area (Å²) in [6.45, 7) is 8.18. The van der Waals surface area contributed by atoms with Gasteiger partial charge in [-0.15, -0.1) is 0 Å². The molecule has 2 atom stereocenters. The summed E-state index contributed by atoms with van der Waals surface area (Å²) in [6, 6.07) is 6.02. The van der Waals surface area contributed by atoms with Gasteiger partial charge in [-0.1, -0.05) is 6.07 Å². The molecule has 1 aliphatic rings. The Balaban J connectivity index is 1.72. The molecule has 23 heavy (non-hydrogen) atoms. The first-order chi connectivity index (χ1) is 11.0. The summed E-state index contributed by atoms with van der Waals surface area (Å²) >= 11 is 0. The quantitative estimate of drug-likeness (QED) is 0.819. The highest BCUT2D eigenvalue weighted by atomic mass is 16.5. The number of piperidine rings is 1. The van der Waals surface area contributed by atoms with E-state index in [1.165, 1.54) is 11.1 Å². The summed E-state index contributed by atoms with van der Waals surface area (Å²) in [6.07, 6.45) is 1.57. The lowest BCUT2D eigenvalue weighted by Crippen LogP contribution is -2.48. The molecule has 0 aliphatic carbocycles. The van der Waals surface area contributed by atoms with Gasteiger partial charge >= 0.3 is 6.03 Å². The average Bonchev–Trinajstić information content (AvgIpc) is 2.50. The number of nitrogens with zero attached hydrogens (tertiary/aromatic N) is 1. The van der Waals surface area contributed by atoms with Crippen LogP contribution < -0.4 is 10.1 Å². The molecule has 5 heteroatoms. The maximum absolute atomic E-state index is 12.2. The number of carbonyl (C=O) groups is 1. The molecule has 0 aromatic heterocycles. The van der Waals surface area contributed by atoms with Crippen molar-refractivity contribution in [3.05, 3.63) is 29.3 Å². The van der Waals surface area contributed by atoms with Crippen LogP contribution in [0.5, 0.6) is 5.75 Å². The van der Waals surface area contributed by atoms with Crippen LogP contribution in [0.2, 0.25) is 0 Å². The first kappa shape index (κ1) is 17.6. The molecular formula is C18H28N2O3. The van der Waals surface area contributed by atoms with Crippen LogP contribution in [0.4, 0.5) is 4.79 Å². The number of aliphatic hydroxyl groups excluding tert-OH is 1. The third kappa shape index (κ3) is 5.43. The monoisotopic (exact) mass is 320 g/mol. The molecule has 5 nitrogen and oxygen atoms in total. The molecule has 0 bridgehead atoms. The summed E-state index contributed by atoms with van der Waals surface area (Å²) in [5.74, 6) is 1.02. The second-order valence-electron chi connectivity index (χ2n) is 6.49. The Bertz CT molecular complexity index is 511. The highest BCUT2D eigenvalue weighted by Crippen LogP contribution is 2.19. The average molecular weight is 320 g/mol. The van der Waals surface area contributed by atoms with E-state index >= 15 is 0 Å². The minimum Gasteiger partial charge on any atom is -0.492 e. The second kappa shape index (κ2) is 8.20. The van der Waals surface area contributed by atoms with Gasteiger partial charge in [-0.25, -0.2) is 4.79 Å². The first-order valence-electron chi connectivity index (χ1n) is 8.37. The third-order valence-corrected chi connectivity index (χ3v) is 4.27. The van der Waals surface area contributed by atoms with Gasteiger partial charge in [0.2, 0.25) is 0 Å². The van der Waals surface area contributed by atoms with Gasteiger partial charge in [-0.3, -0.25) is 0 Å². The third-order valence-electron chi connectivity index (χ3n) is 4.27. The fourth-order valence-electron chi connectivity index (χ4n) is 3.04. The zero-order valence-electron chi connectivity index (χ0n) is 14.3. The molecular weight excluding hydrogens is 292 g/mol. The Morgan fingerprint density at radius 2 is 2.09 bits per heavy atom. The van der Waals surface area contributed by atoms with Gasteiger partial charge in [0, 0.05) is 19.0 Å². The van der Waals surface area contributed by atoms with Gasteiger partial charge in [0.1, 0.15) is 12.4 Å². The highest BCUT2D eigenvalue weighted by molar-refractivity contribution is 5.74. The lowest BCUT2D eigenvalue weighted by Gasteiger charge is -2.34. The van der Waals surface area contributed by atoms with Crippen molar-refractivity contribution < 1.29 is 14.6 Å². The maximum atomic E-state index is 12.2. The molecule has 1 saturated heterocycles. The number of hydrogen-bond donors (Lipinski definition) is 2. The summed E-state index contributed by atoms with van der Waals surface area (Å²) in [5.41, 5.74) is 2.34. The van der Waals surface area contributed by atoms with Gasteiger partial charge in [-0.05, 0) is 56.9 Å². The molecule has 2 N–H and O–H groups in total. The Labute approximate surface area is 138 Å². The number of carbonyl (C=O) groups excluding carboxylic acids is 1. The van der Waals surface area contributed by atoms with E-state index in [0.29, 0.717) is 19.7 Å². The van der Waals surface area contributed by atoms with Crippen molar-refractivity contribution in [2.45, 2.75) is 39.7 Å². The lowest BCUT2D eigenvalue weighted by atomic mass is 9.94. The summed E-state index contributed by atoms with van der Waals surface area (Å²) in [7, 11) is 0. The second-order valence-corrected chi connectivity index (χ2v) is 6.49. The number of nitrogens with one attached hydrogen (secondary N) is 1. The van der Waals surface area contributed by atoms with Crippen molar-refractivity contribution >= 4 is 6.03 Å². The number of amides is 2. The minimum absolute atomic E-state index is 0.0700. The fourth-order valence-corrected chi connectivity index (χ4v) is 3.04. The molecule has 1 heterocycles. The SMILES string of the molecule is Cc1cc(C)cc(OCCNC(=O)N2CCC[C@@H]([C@@H](C)O)C2)c1. The first-order valence-corrected chi connectivity index (χ1v) is 8.37. The molecule has 0 radical (unpaired) electrons. The topological polar surface area (TPSA) is 61.8 Å². The van der Waals surface area contributed by atoms with Crippen LogP contribution >= 0.6 is 0 Å². The number of benzene rings is 1. The smallest absolute Gasteiger partial charge is 0.317 e. The predicted octanol–water partition coefficient (Wildman–Crippen LogP) is 2.48. The highest BCUT2D eigenvalue weighted by Gasteiger charge is 2.26. The van der Waals surface area contributed by atoms with Crippen LogP contribution in [-0.4, -0.2) is 48.4 Å². The van der Waals surface area contributed by atoms with Gasteiger partial charge in [0.25, 0.3) is 0 Å². The van der Waals surface area contributed by atoms with Crippen LogP contribution in [0.15, 0.2) is 18.2 Å². The molecule has 2 amide bonds. The van der Waals surface area contributed by atoms with Crippen molar-refractivity contribution in [1.29, 1.82) is 0 Å². The van der Waals surface area contributed by atoms with Crippen molar-refractivity contribution in [2.75, 3.05) is 26.2 Å². The van der Waals surface area contributed by atoms with E-state index < -0.39 is 0 Å². The standard InChI is InChI=1S/C18H28N2O3/c1-13-9-14(2)11-17(10-13)23-8-6-19-18(22)20-7-4-5-16(12-20)15(3)21/h9-11,15-16,21H,4-8,12H2,1-3H3,(H,19,22)/t15-,16-/m1/s1. The molecule has 1 aliphatic heterocycles. The summed E-state index contributed by atoms with van der Waals surface area (Å²) in [4.78, 5) is 14.0. The van der Waals surface area contributed by atoms with Crippen LogP contribution in [0.25, 0.3) is 0 Å². The van der Waals surface area contributed by atoms with E-state index in [9.17, 15) is 9.90 Å². The molecule has 128 valence electrons. The maximum Gasteiger partial charge on any atom is 0.317 e. The number of hydrogen-bond acceptors (Lipinski definition) is 3. The molecule has 1 aromatic carbocycles. The van der Waals surface area contributed by atoms with Crippen LogP contribution in [0.3, 0.4) is 0 Å². The number of rotatable bonds is 5. The summed E-state index contributed by atoms with van der Waals surface area (Å²) < 4.78 is 5.69. The fraction of sp³-hybridized carbons (Fsp3) is 0.611. The Kier molecular flexibility index (Phi) is 6.28. The van der Waals surface area contributed by atoms with E-state index in [4.69, 9.17) is 4.74 Å². The number of ether oxygens (including phenoxy) is 1. The number of aryl methyl sites for hydroxylation is 2. The Hall–Kier alpha value is -1.75. The lowest BCUT2D eigenvalue weighted by molar-refractivity contribution is 0.0737. The van der Waals surface area contributed by atoms with Crippen molar-refractivity contribution in [3.63, 3.8) is 0 Å². The molecule has 0 saturated carbocycles. The minimum atomic E-state index is -0.363. The summed E-state index contributed by atoms with van der Waals surface area (Å²) in [5, 5.41) is 12.6. The Morgan fingerprint density at radius 3 is 2.74 bits per heavy atom. The van der Waals surface area contributed by atoms with Gasteiger partial charge in [-0.2, -0.15) is 0 Å². The molecule has 0 unspecified atom stereocenters. The van der Waals surface area contributed by atoms with E-state index in [1.807, 2.05) is 26.0 Å². The normalized spacial score (nSPS) is 19.3. The molecule has 1 aromatic rings. The Morgan fingerprint density at radius 1 is 1.39 bits per heavy atom. The van der Waals surface area contributed by atoms with Crippen LogP contribution in [-0.2, 0) is 0 Å². The van der Waals surface area contributed by atoms with Gasteiger partial charge < -0.3 is 20.1 Å². The van der Waals surface area contributed by atoms with E-state index in [2.05, 4.69) is 11.4 Å². The molecule has 0 spiro atoms. The van der Waals surface area contributed by atoms with E-state index in [1.54, 1.807) is 11.8 Å². The van der Waals surface area contributed by atoms with E-state index in [-0.39, 0.29) is 18.1 Å². The van der Waals surface area contributed by atoms with Crippen molar-refractivity contribution in [3.8, 4) is 5.75 Å². The largest absolute Gasteiger partial charge is 0.492 e. The molecule has 1 fully saturated rings. The number of likely N-dealkylation sites (tertiary alicyclic amines) is 1. The van der Waals surface area contributed by atoms with Crippen molar-refractivity contribution in [1.82, 2.24) is 10.2 Å². The zero-order valence-corrected chi connectivity index (χ0v) is 14.3. The van der Waals surface area contributed by atoms with Gasteiger partial charge in [0.15, 0.2) is 0 Å². The van der Waals surface area contributed by atoms with Crippen molar-refractivity contribution in [2.24, 2.45) is 5.92 Å². The number of urea groups is 1. The predicted molar refractivity (Wildman–Crippen MR) is 90.8 cm³/mol. The number of aliphatic hydroxyl groups is 1. The van der Waals surface area contributed by atoms with Gasteiger partial charge in [0.05, 0.1) is 12.6 Å². The zero-order chi connectivity index (χ0) is 16.8. The van der Waals surface area contributed by atoms with Crippen LogP contribution in [0.1, 0.15) is 30.9 Å². The van der Waals surface area contributed by atoms with E-state index in [0.717, 1.165) is 25.1 Å². The molecule has 2 rings (SSSR count).